The number of nitrogens with two attached hydrogens (primary N) is 1. The fraction of sp³-hybridized carbons (Fsp3) is 0.364. The average Bonchev–Trinajstić information content (AvgIpc) is 2.92. The predicted molar refractivity (Wildman–Crippen MR) is 156 cm³/mol. The Bertz CT molecular complexity index is 1580. The van der Waals surface area contributed by atoms with Crippen molar-refractivity contribution in [1.29, 1.82) is 5.26 Å². The van der Waals surface area contributed by atoms with Gasteiger partial charge in [-0.2, -0.15) is 5.26 Å². The van der Waals surface area contributed by atoms with Gasteiger partial charge in [0.15, 0.2) is 5.78 Å². The van der Waals surface area contributed by atoms with Crippen LogP contribution in [0.5, 0.6) is 5.75 Å². The Morgan fingerprint density at radius 1 is 1.23 bits per heavy atom. The van der Waals surface area contributed by atoms with Gasteiger partial charge in [0.25, 0.3) is 5.91 Å². The molecule has 0 fully saturated rings. The molecule has 0 bridgehead atoms. The van der Waals surface area contributed by atoms with E-state index in [2.05, 4.69) is 23.3 Å². The summed E-state index contributed by atoms with van der Waals surface area (Å²) in [5.41, 5.74) is 12.1. The van der Waals surface area contributed by atoms with Crippen molar-refractivity contribution in [3.8, 4) is 22.9 Å². The summed E-state index contributed by atoms with van der Waals surface area (Å²) < 4.78 is 0. The van der Waals surface area contributed by atoms with Crippen molar-refractivity contribution in [1.82, 2.24) is 10.6 Å². The molecule has 2 aromatic carbocycles. The highest BCUT2D eigenvalue weighted by Crippen LogP contribution is 2.60. The Balaban J connectivity index is 1.63. The quantitative estimate of drug-likeness (QED) is 0.414. The first-order chi connectivity index (χ1) is 19.0. The molecule has 0 aromatic heterocycles. The fourth-order valence-corrected chi connectivity index (χ4v) is 7.23. The Kier molecular flexibility index (Phi) is 6.81. The van der Waals surface area contributed by atoms with Crippen LogP contribution in [0.2, 0.25) is 0 Å². The monoisotopic (exact) mass is 536 g/mol. The molecule has 0 aliphatic heterocycles. The van der Waals surface area contributed by atoms with Crippen LogP contribution < -0.4 is 16.4 Å². The molecule has 0 radical (unpaired) electrons. The highest BCUT2D eigenvalue weighted by molar-refractivity contribution is 6.15. The molecule has 206 valence electrons. The number of hydrogen-bond donors (Lipinski definition) is 4. The van der Waals surface area contributed by atoms with E-state index in [1.54, 1.807) is 12.1 Å². The maximum Gasteiger partial charge on any atom is 0.251 e. The summed E-state index contributed by atoms with van der Waals surface area (Å²) in [4.78, 5) is 26.9. The molecule has 3 atom stereocenters. The van der Waals surface area contributed by atoms with Gasteiger partial charge in [0.1, 0.15) is 11.2 Å². The van der Waals surface area contributed by atoms with E-state index < -0.39 is 11.0 Å². The topological polar surface area (TPSA) is 128 Å². The fourth-order valence-electron chi connectivity index (χ4n) is 7.23. The Morgan fingerprint density at radius 2 is 1.98 bits per heavy atom. The Hall–Kier alpha value is -3.99. The van der Waals surface area contributed by atoms with Gasteiger partial charge in [-0.3, -0.25) is 9.59 Å². The van der Waals surface area contributed by atoms with Gasteiger partial charge in [-0.05, 0) is 105 Å². The molecule has 40 heavy (non-hydrogen) atoms. The summed E-state index contributed by atoms with van der Waals surface area (Å²) in [7, 11) is 1.83. The molecule has 7 heteroatoms. The molecule has 3 aliphatic rings. The van der Waals surface area contributed by atoms with Crippen LogP contribution in [0, 0.1) is 22.7 Å². The van der Waals surface area contributed by atoms with Gasteiger partial charge in [-0.25, -0.2) is 0 Å². The van der Waals surface area contributed by atoms with Crippen molar-refractivity contribution >= 4 is 11.7 Å². The number of nitrogens with one attached hydrogen (secondary N) is 2. The summed E-state index contributed by atoms with van der Waals surface area (Å²) in [6, 6.07) is 13.1. The number of fused-ring (bicyclic) bond motifs is 3. The van der Waals surface area contributed by atoms with Crippen LogP contribution in [-0.2, 0) is 6.42 Å². The van der Waals surface area contributed by atoms with Gasteiger partial charge in [0.05, 0.1) is 11.6 Å². The number of hydrogen-bond acceptors (Lipinski definition) is 6. The van der Waals surface area contributed by atoms with Gasteiger partial charge < -0.3 is 21.5 Å². The second kappa shape index (κ2) is 9.88. The molecule has 5 rings (SSSR count). The summed E-state index contributed by atoms with van der Waals surface area (Å²) in [6.45, 7) is 11.3. The third-order valence-electron chi connectivity index (χ3n) is 9.34. The Labute approximate surface area is 235 Å². The van der Waals surface area contributed by atoms with Crippen LogP contribution in [0.3, 0.4) is 0 Å². The number of benzene rings is 2. The number of allylic oxidation sites excluding steroid dienone is 2. The number of nitrogens with zero attached hydrogens (tertiary/aromatic N) is 1. The SMILES string of the molecule is C=C1C(C)=C(C)C[C@]2(N)CC3Cc4c(-c5cccc(C(=O)NCCNC)c5)ccc(O)c4C(=O)C3=C(C)[C@]12C#N. The second-order valence-electron chi connectivity index (χ2n) is 11.5. The second-order valence-corrected chi connectivity index (χ2v) is 11.5. The molecule has 5 N–H and O–H groups in total. The van der Waals surface area contributed by atoms with Crippen LogP contribution in [0.4, 0.5) is 0 Å². The van der Waals surface area contributed by atoms with Crippen molar-refractivity contribution in [2.45, 2.75) is 45.6 Å². The van der Waals surface area contributed by atoms with Crippen molar-refractivity contribution in [3.63, 3.8) is 0 Å². The molecule has 3 aliphatic carbocycles. The largest absolute Gasteiger partial charge is 0.507 e. The van der Waals surface area contributed by atoms with E-state index in [1.807, 2.05) is 46.0 Å². The molecule has 0 saturated heterocycles. The standard InChI is InChI=1S/C33H36N4O3/c1-18-15-32(35)16-24-14-26-25(22-7-6-8-23(13-22)31(40)37-12-11-36-5)9-10-27(38)29(26)30(39)28(24)21(4)33(32,17-34)20(3)19(18)2/h6-10,13,24,36,38H,3,11-12,14-16,35H2,1-2,4-5H3,(H,37,40)/t24?,32-,33-/m0/s1. The Morgan fingerprint density at radius 3 is 2.67 bits per heavy atom. The molecule has 2 aromatic rings. The highest BCUT2D eigenvalue weighted by Gasteiger charge is 2.61. The van der Waals surface area contributed by atoms with Gasteiger partial charge >= 0.3 is 0 Å². The predicted octanol–water partition coefficient (Wildman–Crippen LogP) is 4.59. The molecule has 7 nitrogen and oxygen atoms in total. The number of phenols is 1. The minimum atomic E-state index is -1.18. The lowest BCUT2D eigenvalue weighted by molar-refractivity contribution is 0.0950. The van der Waals surface area contributed by atoms with Crippen molar-refractivity contribution < 1.29 is 14.7 Å². The minimum absolute atomic E-state index is 0.0894. The number of carbonyl (C=O) groups excluding carboxylic acids is 2. The van der Waals surface area contributed by atoms with Crippen molar-refractivity contribution in [2.24, 2.45) is 17.1 Å². The third-order valence-corrected chi connectivity index (χ3v) is 9.34. The molecule has 0 heterocycles. The van der Waals surface area contributed by atoms with E-state index in [0.29, 0.717) is 54.6 Å². The van der Waals surface area contributed by atoms with Crippen LogP contribution in [0.25, 0.3) is 11.1 Å². The van der Waals surface area contributed by atoms with E-state index in [1.165, 1.54) is 6.07 Å². The minimum Gasteiger partial charge on any atom is -0.507 e. The number of aromatic hydroxyl groups is 1. The zero-order valence-corrected chi connectivity index (χ0v) is 23.6. The van der Waals surface area contributed by atoms with Gasteiger partial charge in [-0.1, -0.05) is 30.4 Å². The molecule has 0 spiro atoms. The summed E-state index contributed by atoms with van der Waals surface area (Å²) >= 11 is 0. The average molecular weight is 537 g/mol. The number of carbonyl (C=O) groups is 2. The first-order valence-electron chi connectivity index (χ1n) is 13.7. The summed E-state index contributed by atoms with van der Waals surface area (Å²) in [5, 5.41) is 27.4. The van der Waals surface area contributed by atoms with Crippen molar-refractivity contribution in [2.75, 3.05) is 20.1 Å². The van der Waals surface area contributed by atoms with E-state index in [4.69, 9.17) is 5.73 Å². The van der Waals surface area contributed by atoms with E-state index in [-0.39, 0.29) is 28.9 Å². The summed E-state index contributed by atoms with van der Waals surface area (Å²) in [5.74, 6) is -0.743. The van der Waals surface area contributed by atoms with E-state index >= 15 is 0 Å². The smallest absolute Gasteiger partial charge is 0.251 e. The molecule has 1 unspecified atom stereocenters. The van der Waals surface area contributed by atoms with E-state index in [9.17, 15) is 20.0 Å². The number of likely N-dealkylation sites (N-methyl/N-ethyl adjacent to an activating group) is 1. The first kappa shape index (κ1) is 27.6. The number of Topliss-reactive ketones (excluding diaryl/α,β-unsaturated/α-hetero) is 1. The normalized spacial score (nSPS) is 25.6. The number of rotatable bonds is 5. The lowest BCUT2D eigenvalue weighted by atomic mass is 9.48. The number of nitriles is 1. The zero-order chi connectivity index (χ0) is 29.0. The number of phenolic OH excluding ortho intramolecular Hbond substituents is 1. The maximum atomic E-state index is 14.2. The van der Waals surface area contributed by atoms with Gasteiger partial charge in [-0.15, -0.1) is 0 Å². The highest BCUT2D eigenvalue weighted by atomic mass is 16.3. The maximum absolute atomic E-state index is 14.2. The molecule has 1 amide bonds. The van der Waals surface area contributed by atoms with Crippen LogP contribution in [0.1, 0.15) is 59.9 Å². The molecular formula is C33H36N4O3. The van der Waals surface area contributed by atoms with Gasteiger partial charge in [0, 0.05) is 29.8 Å². The lowest BCUT2D eigenvalue weighted by Crippen LogP contribution is -2.62. The number of ketones is 1. The zero-order valence-electron chi connectivity index (χ0n) is 23.6. The van der Waals surface area contributed by atoms with Crippen LogP contribution >= 0.6 is 0 Å². The van der Waals surface area contributed by atoms with Crippen LogP contribution in [-0.4, -0.2) is 42.5 Å². The van der Waals surface area contributed by atoms with Crippen molar-refractivity contribution in [3.05, 3.63) is 87.5 Å². The third kappa shape index (κ3) is 3.86. The molecular weight excluding hydrogens is 500 g/mol. The van der Waals surface area contributed by atoms with E-state index in [0.717, 1.165) is 27.8 Å². The van der Waals surface area contributed by atoms with Crippen LogP contribution in [0.15, 0.2) is 70.8 Å². The lowest BCUT2D eigenvalue weighted by Gasteiger charge is -2.55. The first-order valence-corrected chi connectivity index (χ1v) is 13.7. The summed E-state index contributed by atoms with van der Waals surface area (Å²) in [6.07, 6.45) is 1.49. The molecule has 0 saturated carbocycles. The number of amides is 1. The van der Waals surface area contributed by atoms with Gasteiger partial charge in [0.2, 0.25) is 0 Å².